The third kappa shape index (κ3) is 3.53. The molecule has 2 aromatic heterocycles. The number of piperidine rings is 1. The van der Waals surface area contributed by atoms with Gasteiger partial charge in [-0.1, -0.05) is 0 Å². The van der Waals surface area contributed by atoms with Gasteiger partial charge >= 0.3 is 0 Å². The van der Waals surface area contributed by atoms with Crippen LogP contribution in [0.5, 0.6) is 0 Å². The monoisotopic (exact) mass is 354 g/mol. The molecule has 0 saturated carbocycles. The second-order valence-corrected chi connectivity index (χ2v) is 6.94. The zero-order valence-corrected chi connectivity index (χ0v) is 14.6. The number of carbonyl (C=O) groups excluding carboxylic acids is 1. The zero-order chi connectivity index (χ0) is 17.9. The van der Waals surface area contributed by atoms with Gasteiger partial charge in [-0.15, -0.1) is 0 Å². The summed E-state index contributed by atoms with van der Waals surface area (Å²) in [5.41, 5.74) is 1.33. The Hall–Kier alpha value is -2.54. The fourth-order valence-electron chi connectivity index (χ4n) is 3.73. The molecule has 7 heteroatoms. The van der Waals surface area contributed by atoms with E-state index in [0.29, 0.717) is 31.3 Å². The molecule has 7 nitrogen and oxygen atoms in total. The molecule has 2 aliphatic heterocycles. The van der Waals surface area contributed by atoms with Gasteiger partial charge in [-0.25, -0.2) is 4.98 Å². The highest BCUT2D eigenvalue weighted by atomic mass is 16.5. The van der Waals surface area contributed by atoms with E-state index in [1.54, 1.807) is 12.4 Å². The lowest BCUT2D eigenvalue weighted by Crippen LogP contribution is -2.43. The molecule has 136 valence electrons. The number of hydrogen-bond acceptors (Lipinski definition) is 5. The van der Waals surface area contributed by atoms with Crippen LogP contribution in [0.3, 0.4) is 0 Å². The van der Waals surface area contributed by atoms with Gasteiger partial charge in [0.05, 0.1) is 18.2 Å². The summed E-state index contributed by atoms with van der Waals surface area (Å²) in [4.78, 5) is 38.3. The number of hydrogen-bond donors (Lipinski definition) is 1. The lowest BCUT2D eigenvalue weighted by Gasteiger charge is -2.33. The maximum absolute atomic E-state index is 12.7. The standard InChI is InChI=1S/C19H22N4O3/c24-17-10-16(13-3-6-20-7-4-13)21-18(22-17)14-2-1-8-23(11-14)19(25)15-5-9-26-12-15/h3-4,6-7,10,14-15H,1-2,5,8-9,11-12H2,(H,21,22,24)/t14-,15-/m0/s1. The SMILES string of the molecule is O=C([C@H]1CCOC1)N1CCC[C@H](c2nc(-c3ccncc3)cc(=O)[nH]2)C1. The normalized spacial score (nSPS) is 23.2. The van der Waals surface area contributed by atoms with Gasteiger partial charge in [-0.3, -0.25) is 14.6 Å². The van der Waals surface area contributed by atoms with Crippen molar-refractivity contribution in [1.82, 2.24) is 19.9 Å². The fraction of sp³-hybridized carbons (Fsp3) is 0.474. The van der Waals surface area contributed by atoms with Gasteiger partial charge < -0.3 is 14.6 Å². The number of aromatic nitrogens is 3. The van der Waals surface area contributed by atoms with E-state index in [1.807, 2.05) is 17.0 Å². The van der Waals surface area contributed by atoms with E-state index in [1.165, 1.54) is 6.07 Å². The third-order valence-corrected chi connectivity index (χ3v) is 5.13. The van der Waals surface area contributed by atoms with Crippen LogP contribution in [0.1, 0.15) is 31.0 Å². The van der Waals surface area contributed by atoms with Crippen LogP contribution in [0.25, 0.3) is 11.3 Å². The van der Waals surface area contributed by atoms with Crippen molar-refractivity contribution in [2.75, 3.05) is 26.3 Å². The second-order valence-electron chi connectivity index (χ2n) is 6.94. The van der Waals surface area contributed by atoms with E-state index in [-0.39, 0.29) is 23.3 Å². The van der Waals surface area contributed by atoms with Crippen LogP contribution in [0.4, 0.5) is 0 Å². The number of aromatic amines is 1. The highest BCUT2D eigenvalue weighted by molar-refractivity contribution is 5.79. The van der Waals surface area contributed by atoms with Crippen LogP contribution in [0.15, 0.2) is 35.4 Å². The number of H-pyrrole nitrogens is 1. The first kappa shape index (κ1) is 16.9. The molecule has 2 saturated heterocycles. The quantitative estimate of drug-likeness (QED) is 0.904. The minimum absolute atomic E-state index is 0.0242. The van der Waals surface area contributed by atoms with Crippen molar-refractivity contribution in [1.29, 1.82) is 0 Å². The predicted octanol–water partition coefficient (Wildman–Crippen LogP) is 1.57. The number of likely N-dealkylation sites (tertiary alicyclic amines) is 1. The van der Waals surface area contributed by atoms with Gasteiger partial charge in [-0.2, -0.15) is 0 Å². The summed E-state index contributed by atoms with van der Waals surface area (Å²) < 4.78 is 5.35. The Morgan fingerprint density at radius 2 is 2.12 bits per heavy atom. The molecule has 2 aliphatic rings. The minimum Gasteiger partial charge on any atom is -0.381 e. The van der Waals surface area contributed by atoms with Gasteiger partial charge in [0.25, 0.3) is 5.56 Å². The average molecular weight is 354 g/mol. The smallest absolute Gasteiger partial charge is 0.251 e. The van der Waals surface area contributed by atoms with Crippen molar-refractivity contribution in [2.45, 2.75) is 25.2 Å². The number of amides is 1. The first-order valence-electron chi connectivity index (χ1n) is 9.09. The summed E-state index contributed by atoms with van der Waals surface area (Å²) >= 11 is 0. The Morgan fingerprint density at radius 1 is 1.27 bits per heavy atom. The largest absolute Gasteiger partial charge is 0.381 e. The topological polar surface area (TPSA) is 88.2 Å². The van der Waals surface area contributed by atoms with E-state index in [9.17, 15) is 9.59 Å². The first-order valence-corrected chi connectivity index (χ1v) is 9.09. The van der Waals surface area contributed by atoms with Crippen molar-refractivity contribution in [3.8, 4) is 11.3 Å². The van der Waals surface area contributed by atoms with E-state index in [2.05, 4.69) is 15.0 Å². The molecule has 0 radical (unpaired) electrons. The molecule has 4 rings (SSSR count). The molecule has 4 heterocycles. The summed E-state index contributed by atoms with van der Waals surface area (Å²) in [5, 5.41) is 0. The summed E-state index contributed by atoms with van der Waals surface area (Å²) in [7, 11) is 0. The van der Waals surface area contributed by atoms with Crippen molar-refractivity contribution < 1.29 is 9.53 Å². The van der Waals surface area contributed by atoms with Crippen molar-refractivity contribution in [3.05, 3.63) is 46.8 Å². The second kappa shape index (κ2) is 7.37. The summed E-state index contributed by atoms with van der Waals surface area (Å²) in [5.74, 6) is 0.845. The van der Waals surface area contributed by atoms with E-state index in [4.69, 9.17) is 4.74 Å². The van der Waals surface area contributed by atoms with Crippen molar-refractivity contribution >= 4 is 5.91 Å². The fourth-order valence-corrected chi connectivity index (χ4v) is 3.73. The van der Waals surface area contributed by atoms with E-state index < -0.39 is 0 Å². The minimum atomic E-state index is -0.172. The first-order chi connectivity index (χ1) is 12.7. The molecule has 0 spiro atoms. The number of nitrogens with one attached hydrogen (secondary N) is 1. The molecule has 0 aromatic carbocycles. The van der Waals surface area contributed by atoms with Crippen molar-refractivity contribution in [3.63, 3.8) is 0 Å². The molecular weight excluding hydrogens is 332 g/mol. The van der Waals surface area contributed by atoms with Crippen LogP contribution in [0.2, 0.25) is 0 Å². The highest BCUT2D eigenvalue weighted by Gasteiger charge is 2.32. The Balaban J connectivity index is 1.56. The number of carbonyl (C=O) groups is 1. The molecule has 0 unspecified atom stereocenters. The molecule has 1 amide bonds. The molecule has 26 heavy (non-hydrogen) atoms. The van der Waals surface area contributed by atoms with Gasteiger partial charge in [0.1, 0.15) is 5.82 Å². The summed E-state index contributed by atoms with van der Waals surface area (Å²) in [6.45, 7) is 2.54. The van der Waals surface area contributed by atoms with Gasteiger partial charge in [-0.05, 0) is 31.4 Å². The number of pyridine rings is 1. The van der Waals surface area contributed by atoms with Crippen LogP contribution in [-0.4, -0.2) is 52.1 Å². The number of nitrogens with zero attached hydrogens (tertiary/aromatic N) is 3. The Labute approximate surface area is 151 Å². The Kier molecular flexibility index (Phi) is 4.79. The Bertz CT molecular complexity index is 830. The molecule has 2 fully saturated rings. The van der Waals surface area contributed by atoms with Gasteiger partial charge in [0, 0.05) is 49.6 Å². The molecular formula is C19H22N4O3. The van der Waals surface area contributed by atoms with Gasteiger partial charge in [0.15, 0.2) is 0 Å². The highest BCUT2D eigenvalue weighted by Crippen LogP contribution is 2.27. The molecule has 0 aliphatic carbocycles. The molecule has 0 bridgehead atoms. The van der Waals surface area contributed by atoms with Gasteiger partial charge in [0.2, 0.25) is 5.91 Å². The van der Waals surface area contributed by atoms with E-state index >= 15 is 0 Å². The summed E-state index contributed by atoms with van der Waals surface area (Å²) in [6.07, 6.45) is 5.98. The van der Waals surface area contributed by atoms with Crippen LogP contribution in [0, 0.1) is 5.92 Å². The molecule has 1 N–H and O–H groups in total. The third-order valence-electron chi connectivity index (χ3n) is 5.13. The lowest BCUT2D eigenvalue weighted by atomic mass is 9.95. The van der Waals surface area contributed by atoms with Crippen LogP contribution >= 0.6 is 0 Å². The van der Waals surface area contributed by atoms with E-state index in [0.717, 1.165) is 31.4 Å². The molecule has 2 atom stereocenters. The lowest BCUT2D eigenvalue weighted by molar-refractivity contribution is -0.136. The maximum atomic E-state index is 12.7. The number of ether oxygens (including phenoxy) is 1. The molecule has 2 aromatic rings. The van der Waals surface area contributed by atoms with Crippen LogP contribution < -0.4 is 5.56 Å². The van der Waals surface area contributed by atoms with Crippen molar-refractivity contribution in [2.24, 2.45) is 5.92 Å². The van der Waals surface area contributed by atoms with Crippen LogP contribution in [-0.2, 0) is 9.53 Å². The predicted molar refractivity (Wildman–Crippen MR) is 95.6 cm³/mol. The number of rotatable bonds is 3. The summed E-state index contributed by atoms with van der Waals surface area (Å²) in [6, 6.07) is 5.17. The zero-order valence-electron chi connectivity index (χ0n) is 14.6. The Morgan fingerprint density at radius 3 is 2.88 bits per heavy atom. The average Bonchev–Trinajstić information content (AvgIpc) is 3.22. The maximum Gasteiger partial charge on any atom is 0.251 e.